The number of benzene rings is 1. The molecule has 1 aromatic carbocycles. The maximum absolute atomic E-state index is 12.6. The van der Waals surface area contributed by atoms with Gasteiger partial charge >= 0.3 is 5.97 Å². The minimum absolute atomic E-state index is 0.0364. The van der Waals surface area contributed by atoms with E-state index in [1.54, 1.807) is 7.11 Å². The largest absolute Gasteiger partial charge is 0.497 e. The van der Waals surface area contributed by atoms with Crippen molar-refractivity contribution in [3.8, 4) is 11.4 Å². The number of aromatic nitrogens is 2. The molecule has 0 aliphatic heterocycles. The first-order chi connectivity index (χ1) is 13.4. The molecule has 7 nitrogen and oxygen atoms in total. The standard InChI is InChI=1S/C20H21N3O4S/c1-12-10-16(13(2)23(12)14-4-6-15(27-3)7-5-14)19(24)21-9-8-18-22-17(11-28-18)20(25)26/h4-7,10-11H,8-9H2,1-3H3,(H,21,24)(H,25,26). The van der Waals surface area contributed by atoms with Crippen LogP contribution < -0.4 is 10.1 Å². The number of ether oxygens (including phenoxy) is 1. The molecule has 3 rings (SSSR count). The maximum atomic E-state index is 12.6. The van der Waals surface area contributed by atoms with E-state index in [1.807, 2.05) is 48.7 Å². The van der Waals surface area contributed by atoms with Crippen LogP contribution in [0.15, 0.2) is 35.7 Å². The minimum atomic E-state index is -1.04. The number of methoxy groups -OCH3 is 1. The molecule has 3 aromatic rings. The van der Waals surface area contributed by atoms with Gasteiger partial charge in [-0.2, -0.15) is 0 Å². The third-order valence-electron chi connectivity index (χ3n) is 4.40. The number of amides is 1. The number of carboxylic acids is 1. The Bertz CT molecular complexity index is 1010. The van der Waals surface area contributed by atoms with E-state index in [-0.39, 0.29) is 11.6 Å². The van der Waals surface area contributed by atoms with Crippen LogP contribution in [0, 0.1) is 13.8 Å². The van der Waals surface area contributed by atoms with Crippen molar-refractivity contribution < 1.29 is 19.4 Å². The lowest BCUT2D eigenvalue weighted by Crippen LogP contribution is -2.26. The monoisotopic (exact) mass is 399 g/mol. The number of nitrogens with one attached hydrogen (secondary N) is 1. The smallest absolute Gasteiger partial charge is 0.355 e. The number of carbonyl (C=O) groups is 2. The Morgan fingerprint density at radius 1 is 1.25 bits per heavy atom. The van der Waals surface area contributed by atoms with Crippen LogP contribution in [0.2, 0.25) is 0 Å². The van der Waals surface area contributed by atoms with Crippen LogP contribution in [0.4, 0.5) is 0 Å². The minimum Gasteiger partial charge on any atom is -0.497 e. The van der Waals surface area contributed by atoms with Crippen LogP contribution in [0.25, 0.3) is 5.69 Å². The van der Waals surface area contributed by atoms with E-state index in [2.05, 4.69) is 10.3 Å². The van der Waals surface area contributed by atoms with Gasteiger partial charge in [0.2, 0.25) is 0 Å². The lowest BCUT2D eigenvalue weighted by atomic mass is 10.2. The van der Waals surface area contributed by atoms with Gasteiger partial charge in [0.15, 0.2) is 5.69 Å². The van der Waals surface area contributed by atoms with Crippen molar-refractivity contribution in [1.82, 2.24) is 14.9 Å². The number of thiazole rings is 1. The average molecular weight is 399 g/mol. The van der Waals surface area contributed by atoms with Gasteiger partial charge in [0.1, 0.15) is 5.75 Å². The highest BCUT2D eigenvalue weighted by molar-refractivity contribution is 7.09. The molecule has 146 valence electrons. The zero-order valence-electron chi connectivity index (χ0n) is 15.9. The summed E-state index contributed by atoms with van der Waals surface area (Å²) in [4.78, 5) is 27.5. The molecule has 0 saturated carbocycles. The second-order valence-corrected chi connectivity index (χ2v) is 7.20. The molecule has 0 fully saturated rings. The van der Waals surface area contributed by atoms with Crippen LogP contribution in [0.3, 0.4) is 0 Å². The summed E-state index contributed by atoms with van der Waals surface area (Å²) in [5, 5.41) is 14.0. The van der Waals surface area contributed by atoms with Crippen molar-refractivity contribution in [2.75, 3.05) is 13.7 Å². The van der Waals surface area contributed by atoms with Crippen molar-refractivity contribution in [3.63, 3.8) is 0 Å². The highest BCUT2D eigenvalue weighted by atomic mass is 32.1. The Hall–Kier alpha value is -3.13. The Morgan fingerprint density at radius 3 is 2.57 bits per heavy atom. The molecule has 2 N–H and O–H groups in total. The van der Waals surface area contributed by atoms with Gasteiger partial charge in [-0.1, -0.05) is 0 Å². The molecule has 2 heterocycles. The molecule has 2 aromatic heterocycles. The fourth-order valence-electron chi connectivity index (χ4n) is 3.02. The molecule has 0 saturated heterocycles. The first kappa shape index (κ1) is 19.6. The highest BCUT2D eigenvalue weighted by Gasteiger charge is 2.17. The Balaban J connectivity index is 1.69. The lowest BCUT2D eigenvalue weighted by Gasteiger charge is -2.11. The number of hydrogen-bond donors (Lipinski definition) is 2. The van der Waals surface area contributed by atoms with Crippen LogP contribution in [0.5, 0.6) is 5.75 Å². The fraction of sp³-hybridized carbons (Fsp3) is 0.250. The molecule has 0 spiro atoms. The summed E-state index contributed by atoms with van der Waals surface area (Å²) < 4.78 is 7.22. The van der Waals surface area contributed by atoms with Gasteiger partial charge in [0, 0.05) is 35.4 Å². The topological polar surface area (TPSA) is 93.5 Å². The van der Waals surface area contributed by atoms with Gasteiger partial charge in [-0.25, -0.2) is 9.78 Å². The van der Waals surface area contributed by atoms with E-state index in [9.17, 15) is 9.59 Å². The summed E-state index contributed by atoms with van der Waals surface area (Å²) in [6, 6.07) is 9.52. The summed E-state index contributed by atoms with van der Waals surface area (Å²) in [5.41, 5.74) is 3.41. The van der Waals surface area contributed by atoms with Crippen molar-refractivity contribution in [2.45, 2.75) is 20.3 Å². The van der Waals surface area contributed by atoms with Crippen LogP contribution in [-0.4, -0.2) is 40.2 Å². The second kappa shape index (κ2) is 8.26. The number of aromatic carboxylic acids is 1. The quantitative estimate of drug-likeness (QED) is 0.636. The second-order valence-electron chi connectivity index (χ2n) is 6.26. The van der Waals surface area contributed by atoms with Gasteiger partial charge in [-0.3, -0.25) is 4.79 Å². The molecular formula is C20H21N3O4S. The number of rotatable bonds is 7. The van der Waals surface area contributed by atoms with Crippen LogP contribution in [-0.2, 0) is 6.42 Å². The molecule has 8 heteroatoms. The summed E-state index contributed by atoms with van der Waals surface area (Å²) in [6.45, 7) is 4.25. The van der Waals surface area contributed by atoms with Gasteiger partial charge in [-0.05, 0) is 44.2 Å². The summed E-state index contributed by atoms with van der Waals surface area (Å²) >= 11 is 1.28. The average Bonchev–Trinajstić information content (AvgIpc) is 3.26. The fourth-order valence-corrected chi connectivity index (χ4v) is 3.80. The predicted molar refractivity (Wildman–Crippen MR) is 107 cm³/mol. The van der Waals surface area contributed by atoms with Gasteiger partial charge in [0.25, 0.3) is 5.91 Å². The van der Waals surface area contributed by atoms with E-state index in [1.165, 1.54) is 16.7 Å². The SMILES string of the molecule is COc1ccc(-n2c(C)cc(C(=O)NCCc3nc(C(=O)O)cs3)c2C)cc1. The van der Waals surface area contributed by atoms with E-state index in [4.69, 9.17) is 9.84 Å². The number of hydrogen-bond acceptors (Lipinski definition) is 5. The van der Waals surface area contributed by atoms with Crippen molar-refractivity contribution >= 4 is 23.2 Å². The molecule has 0 aliphatic carbocycles. The first-order valence-corrected chi connectivity index (χ1v) is 9.58. The molecule has 0 radical (unpaired) electrons. The molecular weight excluding hydrogens is 378 g/mol. The Kier molecular flexibility index (Phi) is 5.79. The number of carboxylic acid groups (broad SMARTS) is 1. The van der Waals surface area contributed by atoms with E-state index in [0.717, 1.165) is 22.8 Å². The number of nitrogens with zero attached hydrogens (tertiary/aromatic N) is 2. The third kappa shape index (κ3) is 4.07. The summed E-state index contributed by atoms with van der Waals surface area (Å²) in [5.74, 6) is -0.433. The van der Waals surface area contributed by atoms with Gasteiger partial charge in [-0.15, -0.1) is 11.3 Å². The molecule has 0 unspecified atom stereocenters. The van der Waals surface area contributed by atoms with Crippen molar-refractivity contribution in [2.24, 2.45) is 0 Å². The Morgan fingerprint density at radius 2 is 1.96 bits per heavy atom. The van der Waals surface area contributed by atoms with Crippen molar-refractivity contribution in [3.05, 3.63) is 63.4 Å². The zero-order valence-corrected chi connectivity index (χ0v) is 16.7. The van der Waals surface area contributed by atoms with Gasteiger partial charge in [0.05, 0.1) is 17.7 Å². The van der Waals surface area contributed by atoms with E-state index >= 15 is 0 Å². The van der Waals surface area contributed by atoms with E-state index < -0.39 is 5.97 Å². The molecule has 0 bridgehead atoms. The maximum Gasteiger partial charge on any atom is 0.355 e. The third-order valence-corrected chi connectivity index (χ3v) is 5.31. The summed E-state index contributed by atoms with van der Waals surface area (Å²) in [6.07, 6.45) is 0.487. The highest BCUT2D eigenvalue weighted by Crippen LogP contribution is 2.22. The molecule has 1 amide bonds. The van der Waals surface area contributed by atoms with Crippen LogP contribution >= 0.6 is 11.3 Å². The normalized spacial score (nSPS) is 10.7. The Labute approximate surface area is 166 Å². The molecule has 0 atom stereocenters. The first-order valence-electron chi connectivity index (χ1n) is 8.70. The number of aryl methyl sites for hydroxylation is 1. The molecule has 0 aliphatic rings. The zero-order chi connectivity index (χ0) is 20.3. The molecule has 28 heavy (non-hydrogen) atoms. The van der Waals surface area contributed by atoms with Crippen LogP contribution in [0.1, 0.15) is 37.2 Å². The van der Waals surface area contributed by atoms with E-state index in [0.29, 0.717) is 23.5 Å². The van der Waals surface area contributed by atoms with Gasteiger partial charge < -0.3 is 19.7 Å². The lowest BCUT2D eigenvalue weighted by molar-refractivity contribution is 0.0690. The number of carbonyl (C=O) groups excluding carboxylic acids is 1. The van der Waals surface area contributed by atoms with Crippen molar-refractivity contribution in [1.29, 1.82) is 0 Å². The summed E-state index contributed by atoms with van der Waals surface area (Å²) in [7, 11) is 1.62. The predicted octanol–water partition coefficient (Wildman–Crippen LogP) is 3.23.